The summed E-state index contributed by atoms with van der Waals surface area (Å²) >= 11 is 3.75. The van der Waals surface area contributed by atoms with Crippen LogP contribution in [0.1, 0.15) is 0 Å². The first kappa shape index (κ1) is 29.9. The third-order valence-electron chi connectivity index (χ3n) is 9.88. The predicted molar refractivity (Wildman–Crippen MR) is 223 cm³/mol. The van der Waals surface area contributed by atoms with Crippen LogP contribution in [-0.4, -0.2) is 0 Å². The first-order valence-electron chi connectivity index (χ1n) is 17.3. The van der Waals surface area contributed by atoms with Gasteiger partial charge in [-0.1, -0.05) is 140 Å². The maximum atomic E-state index is 2.50. The smallest absolute Gasteiger partial charge is 0.0718 e. The molecular weight excluding hydrogens is 655 g/mol. The monoisotopic (exact) mass is 685 g/mol. The van der Waals surface area contributed by atoms with Gasteiger partial charge in [0.15, 0.2) is 0 Å². The average molecular weight is 686 g/mol. The van der Waals surface area contributed by atoms with E-state index in [4.69, 9.17) is 0 Å². The predicted octanol–water partition coefficient (Wildman–Crippen LogP) is 14.9. The van der Waals surface area contributed by atoms with E-state index in [1.54, 1.807) is 0 Å². The Morgan fingerprint density at radius 1 is 0.314 bits per heavy atom. The van der Waals surface area contributed by atoms with E-state index in [-0.39, 0.29) is 0 Å². The fourth-order valence-electron chi connectivity index (χ4n) is 7.40. The van der Waals surface area contributed by atoms with Crippen molar-refractivity contribution in [3.8, 4) is 33.4 Å². The van der Waals surface area contributed by atoms with Crippen molar-refractivity contribution in [2.24, 2.45) is 0 Å². The topological polar surface area (TPSA) is 3.24 Å². The Morgan fingerprint density at radius 3 is 1.57 bits per heavy atom. The molecule has 240 valence electrons. The molecule has 2 heterocycles. The second-order valence-corrected chi connectivity index (χ2v) is 15.0. The molecule has 0 saturated heterocycles. The van der Waals surface area contributed by atoms with Crippen molar-refractivity contribution in [1.82, 2.24) is 0 Å². The van der Waals surface area contributed by atoms with Gasteiger partial charge in [-0.05, 0) is 76.3 Å². The van der Waals surface area contributed by atoms with Crippen molar-refractivity contribution >= 4 is 80.1 Å². The number of rotatable bonds is 6. The van der Waals surface area contributed by atoms with Gasteiger partial charge in [0.05, 0.1) is 10.4 Å². The maximum absolute atomic E-state index is 2.50. The van der Waals surface area contributed by atoms with E-state index >= 15 is 0 Å². The van der Waals surface area contributed by atoms with E-state index in [1.165, 1.54) is 79.4 Å². The molecule has 1 nitrogen and oxygen atoms in total. The Hall–Kier alpha value is -6.00. The summed E-state index contributed by atoms with van der Waals surface area (Å²) in [7, 11) is 0. The maximum Gasteiger partial charge on any atom is 0.0718 e. The van der Waals surface area contributed by atoms with Crippen LogP contribution in [0.4, 0.5) is 17.1 Å². The molecule has 0 aliphatic rings. The van der Waals surface area contributed by atoms with Gasteiger partial charge in [0.2, 0.25) is 0 Å². The van der Waals surface area contributed by atoms with Crippen LogP contribution < -0.4 is 4.90 Å². The summed E-state index contributed by atoms with van der Waals surface area (Å²) in [4.78, 5) is 2.50. The summed E-state index contributed by atoms with van der Waals surface area (Å²) in [6.45, 7) is 0. The molecule has 0 aliphatic heterocycles. The van der Waals surface area contributed by atoms with Crippen LogP contribution in [0.15, 0.2) is 188 Å². The molecule has 0 unspecified atom stereocenters. The summed E-state index contributed by atoms with van der Waals surface area (Å²) in [5, 5.41) is 5.15. The van der Waals surface area contributed by atoms with Crippen molar-refractivity contribution < 1.29 is 0 Å². The van der Waals surface area contributed by atoms with Crippen LogP contribution in [0.3, 0.4) is 0 Å². The van der Waals surface area contributed by atoms with Crippen LogP contribution >= 0.6 is 22.7 Å². The SMILES string of the molecule is c1ccc(-c2ccc(N(c3ccc4sc5ccc(-c6ccccc6)cc5c4c3)c3c(-c4ccccc4)ccc4c3sc3ccccc34)cc2)cc1. The molecule has 51 heavy (non-hydrogen) atoms. The summed E-state index contributed by atoms with van der Waals surface area (Å²) in [6.07, 6.45) is 0. The molecule has 0 amide bonds. The Balaban J connectivity index is 1.25. The lowest BCUT2D eigenvalue weighted by molar-refractivity contribution is 1.31. The normalized spacial score (nSPS) is 11.5. The molecule has 3 heteroatoms. The Labute approximate surface area is 304 Å². The van der Waals surface area contributed by atoms with Gasteiger partial charge in [0.1, 0.15) is 0 Å². The van der Waals surface area contributed by atoms with E-state index in [9.17, 15) is 0 Å². The minimum absolute atomic E-state index is 1.13. The Morgan fingerprint density at radius 2 is 0.843 bits per heavy atom. The Kier molecular flexibility index (Phi) is 7.26. The van der Waals surface area contributed by atoms with E-state index in [0.29, 0.717) is 0 Å². The first-order valence-corrected chi connectivity index (χ1v) is 18.9. The molecule has 0 aliphatic carbocycles. The van der Waals surface area contributed by atoms with Crippen LogP contribution in [0.25, 0.3) is 73.7 Å². The van der Waals surface area contributed by atoms with Crippen LogP contribution in [-0.2, 0) is 0 Å². The number of nitrogens with zero attached hydrogens (tertiary/aromatic N) is 1. The molecule has 0 atom stereocenters. The summed E-state index contributed by atoms with van der Waals surface area (Å²) in [6, 6.07) is 68.6. The van der Waals surface area contributed by atoms with E-state index < -0.39 is 0 Å². The Bertz CT molecular complexity index is 2830. The number of hydrogen-bond acceptors (Lipinski definition) is 3. The van der Waals surface area contributed by atoms with Crippen molar-refractivity contribution in [1.29, 1.82) is 0 Å². The summed E-state index contributed by atoms with van der Waals surface area (Å²) in [5.74, 6) is 0. The van der Waals surface area contributed by atoms with E-state index in [2.05, 4.69) is 193 Å². The van der Waals surface area contributed by atoms with Crippen molar-refractivity contribution in [3.05, 3.63) is 188 Å². The molecule has 0 saturated carbocycles. The summed E-state index contributed by atoms with van der Waals surface area (Å²) < 4.78 is 5.18. The van der Waals surface area contributed by atoms with E-state index in [1.807, 2.05) is 22.7 Å². The van der Waals surface area contributed by atoms with Crippen molar-refractivity contribution in [3.63, 3.8) is 0 Å². The van der Waals surface area contributed by atoms with Gasteiger partial charge >= 0.3 is 0 Å². The highest BCUT2D eigenvalue weighted by molar-refractivity contribution is 7.26. The highest BCUT2D eigenvalue weighted by atomic mass is 32.1. The van der Waals surface area contributed by atoms with Gasteiger partial charge in [-0.2, -0.15) is 0 Å². The zero-order chi connectivity index (χ0) is 33.7. The second-order valence-electron chi connectivity index (χ2n) is 12.9. The van der Waals surface area contributed by atoms with Gasteiger partial charge in [0.25, 0.3) is 0 Å². The highest BCUT2D eigenvalue weighted by Crippen LogP contribution is 2.50. The second kappa shape index (κ2) is 12.4. The highest BCUT2D eigenvalue weighted by Gasteiger charge is 2.23. The minimum Gasteiger partial charge on any atom is -0.308 e. The van der Waals surface area contributed by atoms with Gasteiger partial charge < -0.3 is 4.90 Å². The zero-order valence-corrected chi connectivity index (χ0v) is 29.3. The molecule has 0 radical (unpaired) electrons. The average Bonchev–Trinajstić information content (AvgIpc) is 3.77. The largest absolute Gasteiger partial charge is 0.308 e. The lowest BCUT2D eigenvalue weighted by atomic mass is 9.98. The molecular formula is C48H31NS2. The molecule has 0 N–H and O–H groups in total. The molecule has 0 spiro atoms. The number of anilines is 3. The van der Waals surface area contributed by atoms with E-state index in [0.717, 1.165) is 11.4 Å². The molecule has 0 fully saturated rings. The van der Waals surface area contributed by atoms with Crippen LogP contribution in [0, 0.1) is 0 Å². The summed E-state index contributed by atoms with van der Waals surface area (Å²) in [5.41, 5.74) is 10.8. The van der Waals surface area contributed by atoms with Crippen LogP contribution in [0.5, 0.6) is 0 Å². The lowest BCUT2D eigenvalue weighted by Gasteiger charge is -2.29. The van der Waals surface area contributed by atoms with Crippen molar-refractivity contribution in [2.75, 3.05) is 4.90 Å². The number of thiophene rings is 2. The number of benzene rings is 8. The number of hydrogen-bond donors (Lipinski definition) is 0. The fourth-order valence-corrected chi connectivity index (χ4v) is 9.71. The lowest BCUT2D eigenvalue weighted by Crippen LogP contribution is -2.11. The quantitative estimate of drug-likeness (QED) is 0.168. The van der Waals surface area contributed by atoms with Crippen LogP contribution in [0.2, 0.25) is 0 Å². The minimum atomic E-state index is 1.13. The molecule has 2 aromatic heterocycles. The van der Waals surface area contributed by atoms with Gasteiger partial charge in [0, 0.05) is 52.6 Å². The zero-order valence-electron chi connectivity index (χ0n) is 27.7. The van der Waals surface area contributed by atoms with Gasteiger partial charge in [-0.15, -0.1) is 22.7 Å². The fraction of sp³-hybridized carbons (Fsp3) is 0. The third kappa shape index (κ3) is 5.21. The molecule has 10 aromatic rings. The van der Waals surface area contributed by atoms with Crippen molar-refractivity contribution in [2.45, 2.75) is 0 Å². The molecule has 0 bridgehead atoms. The number of fused-ring (bicyclic) bond motifs is 6. The molecule has 8 aromatic carbocycles. The first-order chi connectivity index (χ1) is 25.3. The standard InChI is InChI=1S/C48H31NS2/c1-4-12-32(13-5-1)34-20-23-37(24-21-34)49(38-25-29-46-43(31-38)42-30-36(22-28-45(42)50-46)33-14-6-2-7-15-33)47-39(35-16-8-3-9-17-35)26-27-41-40-18-10-11-19-44(40)51-48(41)47/h1-31H. The third-order valence-corrected chi connectivity index (χ3v) is 12.2. The van der Waals surface area contributed by atoms with Gasteiger partial charge in [-0.3, -0.25) is 0 Å². The molecule has 10 rings (SSSR count). The van der Waals surface area contributed by atoms with Gasteiger partial charge in [-0.25, -0.2) is 0 Å².